The molecule has 94 valence electrons. The predicted octanol–water partition coefficient (Wildman–Crippen LogP) is 2.78. The van der Waals surface area contributed by atoms with Gasteiger partial charge >= 0.3 is 0 Å². The van der Waals surface area contributed by atoms with Crippen molar-refractivity contribution in [3.63, 3.8) is 0 Å². The Morgan fingerprint density at radius 3 is 2.47 bits per heavy atom. The highest BCUT2D eigenvalue weighted by Crippen LogP contribution is 2.20. The number of ether oxygens (including phenoxy) is 1. The Morgan fingerprint density at radius 1 is 1.12 bits per heavy atom. The van der Waals surface area contributed by atoms with Crippen LogP contribution in [0, 0.1) is 0 Å². The molecular weight excluding hydrogens is 210 g/mol. The van der Waals surface area contributed by atoms with Crippen molar-refractivity contribution in [2.24, 2.45) is 0 Å². The Bertz CT molecular complexity index is 304. The van der Waals surface area contributed by atoms with Gasteiger partial charge in [0.1, 0.15) is 0 Å². The zero-order chi connectivity index (χ0) is 11.9. The van der Waals surface area contributed by atoms with Gasteiger partial charge in [0.25, 0.3) is 0 Å². The second-order valence-corrected chi connectivity index (χ2v) is 4.90. The summed E-state index contributed by atoms with van der Waals surface area (Å²) in [7, 11) is 1.83. The van der Waals surface area contributed by atoms with E-state index in [0.29, 0.717) is 12.1 Å². The summed E-state index contributed by atoms with van der Waals surface area (Å²) in [4.78, 5) is 0. The zero-order valence-electron chi connectivity index (χ0n) is 10.7. The molecular formula is C15H23NO. The average molecular weight is 233 g/mol. The summed E-state index contributed by atoms with van der Waals surface area (Å²) in [5, 5.41) is 3.66. The molecule has 2 heteroatoms. The summed E-state index contributed by atoms with van der Waals surface area (Å²) in [5.41, 5.74) is 1.42. The lowest BCUT2D eigenvalue weighted by molar-refractivity contribution is 0.0626. The topological polar surface area (TPSA) is 21.3 Å². The molecule has 0 amide bonds. The molecule has 0 heterocycles. The third-order valence-corrected chi connectivity index (χ3v) is 3.70. The zero-order valence-corrected chi connectivity index (χ0v) is 10.7. The van der Waals surface area contributed by atoms with E-state index in [4.69, 9.17) is 4.74 Å². The van der Waals surface area contributed by atoms with Gasteiger partial charge in [0.2, 0.25) is 0 Å². The fourth-order valence-corrected chi connectivity index (χ4v) is 2.57. The molecule has 0 radical (unpaired) electrons. The van der Waals surface area contributed by atoms with Crippen LogP contribution < -0.4 is 5.32 Å². The van der Waals surface area contributed by atoms with E-state index in [-0.39, 0.29) is 0 Å². The summed E-state index contributed by atoms with van der Waals surface area (Å²) in [6, 6.07) is 11.4. The first-order valence-electron chi connectivity index (χ1n) is 6.68. The fourth-order valence-electron chi connectivity index (χ4n) is 2.57. The molecule has 0 bridgehead atoms. The van der Waals surface area contributed by atoms with E-state index in [0.717, 1.165) is 13.0 Å². The summed E-state index contributed by atoms with van der Waals surface area (Å²) in [5.74, 6) is 0. The van der Waals surface area contributed by atoms with Crippen LogP contribution >= 0.6 is 0 Å². The van der Waals surface area contributed by atoms with Crippen LogP contribution in [-0.4, -0.2) is 25.8 Å². The van der Waals surface area contributed by atoms with Gasteiger partial charge in [-0.25, -0.2) is 0 Å². The van der Waals surface area contributed by atoms with Gasteiger partial charge < -0.3 is 10.1 Å². The van der Waals surface area contributed by atoms with E-state index in [1.165, 1.54) is 31.2 Å². The normalized spacial score (nSPS) is 24.8. The van der Waals surface area contributed by atoms with Crippen molar-refractivity contribution in [1.82, 2.24) is 5.32 Å². The second kappa shape index (κ2) is 6.77. The fraction of sp³-hybridized carbons (Fsp3) is 0.600. The van der Waals surface area contributed by atoms with E-state index in [1.807, 2.05) is 7.11 Å². The standard InChI is InChI=1S/C15H23NO/c1-17-15-9-7-14(8-10-15)16-12-11-13-5-3-2-4-6-13/h2-6,14-16H,7-12H2,1H3. The lowest BCUT2D eigenvalue weighted by atomic mass is 9.93. The molecule has 0 saturated heterocycles. The van der Waals surface area contributed by atoms with Crippen molar-refractivity contribution < 1.29 is 4.74 Å². The molecule has 1 saturated carbocycles. The molecule has 1 N–H and O–H groups in total. The number of nitrogens with one attached hydrogen (secondary N) is 1. The van der Waals surface area contributed by atoms with Crippen molar-refractivity contribution in [2.45, 2.75) is 44.2 Å². The Morgan fingerprint density at radius 2 is 1.82 bits per heavy atom. The van der Waals surface area contributed by atoms with Gasteiger partial charge in [-0.05, 0) is 44.2 Å². The van der Waals surface area contributed by atoms with E-state index < -0.39 is 0 Å². The molecule has 0 atom stereocenters. The van der Waals surface area contributed by atoms with Gasteiger partial charge in [0.05, 0.1) is 6.10 Å². The molecule has 1 aliphatic carbocycles. The molecule has 1 aromatic rings. The number of rotatable bonds is 5. The largest absolute Gasteiger partial charge is 0.381 e. The van der Waals surface area contributed by atoms with Crippen molar-refractivity contribution in [1.29, 1.82) is 0 Å². The van der Waals surface area contributed by atoms with Crippen LogP contribution in [0.5, 0.6) is 0 Å². The highest BCUT2D eigenvalue weighted by atomic mass is 16.5. The minimum absolute atomic E-state index is 0.502. The monoisotopic (exact) mass is 233 g/mol. The number of hydrogen-bond acceptors (Lipinski definition) is 2. The van der Waals surface area contributed by atoms with Crippen LogP contribution in [-0.2, 0) is 11.2 Å². The summed E-state index contributed by atoms with van der Waals surface area (Å²) in [6.45, 7) is 1.09. The molecule has 2 rings (SSSR count). The summed E-state index contributed by atoms with van der Waals surface area (Å²) < 4.78 is 5.39. The number of benzene rings is 1. The summed E-state index contributed by atoms with van der Waals surface area (Å²) in [6.07, 6.45) is 6.56. The van der Waals surface area contributed by atoms with E-state index in [2.05, 4.69) is 35.6 Å². The maximum absolute atomic E-state index is 5.39. The van der Waals surface area contributed by atoms with Crippen LogP contribution in [0.25, 0.3) is 0 Å². The van der Waals surface area contributed by atoms with E-state index in [9.17, 15) is 0 Å². The molecule has 0 aromatic heterocycles. The minimum Gasteiger partial charge on any atom is -0.381 e. The maximum atomic E-state index is 5.39. The van der Waals surface area contributed by atoms with Gasteiger partial charge in [-0.15, -0.1) is 0 Å². The van der Waals surface area contributed by atoms with Crippen LogP contribution in [0.1, 0.15) is 31.2 Å². The van der Waals surface area contributed by atoms with Gasteiger partial charge in [-0.3, -0.25) is 0 Å². The molecule has 17 heavy (non-hydrogen) atoms. The van der Waals surface area contributed by atoms with Gasteiger partial charge in [-0.1, -0.05) is 30.3 Å². The van der Waals surface area contributed by atoms with Crippen LogP contribution in [0.4, 0.5) is 0 Å². The van der Waals surface area contributed by atoms with E-state index >= 15 is 0 Å². The first-order valence-corrected chi connectivity index (χ1v) is 6.68. The molecule has 0 spiro atoms. The first-order chi connectivity index (χ1) is 8.38. The number of methoxy groups -OCH3 is 1. The highest BCUT2D eigenvalue weighted by Gasteiger charge is 2.19. The Balaban J connectivity index is 1.63. The Labute approximate surface area is 104 Å². The molecule has 1 fully saturated rings. The quantitative estimate of drug-likeness (QED) is 0.844. The second-order valence-electron chi connectivity index (χ2n) is 4.90. The van der Waals surface area contributed by atoms with Gasteiger partial charge in [0.15, 0.2) is 0 Å². The molecule has 0 unspecified atom stereocenters. The lowest BCUT2D eigenvalue weighted by Gasteiger charge is -2.28. The Kier molecular flexibility index (Phi) is 5.02. The third-order valence-electron chi connectivity index (χ3n) is 3.70. The smallest absolute Gasteiger partial charge is 0.0572 e. The molecule has 1 aromatic carbocycles. The predicted molar refractivity (Wildman–Crippen MR) is 71.2 cm³/mol. The van der Waals surface area contributed by atoms with E-state index in [1.54, 1.807) is 0 Å². The molecule has 2 nitrogen and oxygen atoms in total. The third kappa shape index (κ3) is 4.14. The summed E-state index contributed by atoms with van der Waals surface area (Å²) >= 11 is 0. The average Bonchev–Trinajstić information content (AvgIpc) is 2.41. The van der Waals surface area contributed by atoms with Crippen molar-refractivity contribution >= 4 is 0 Å². The SMILES string of the molecule is COC1CCC(NCCc2ccccc2)CC1. The molecule has 1 aliphatic rings. The van der Waals surface area contributed by atoms with Crippen molar-refractivity contribution in [3.8, 4) is 0 Å². The first kappa shape index (κ1) is 12.6. The maximum Gasteiger partial charge on any atom is 0.0572 e. The molecule has 0 aliphatic heterocycles. The van der Waals surface area contributed by atoms with Gasteiger partial charge in [-0.2, -0.15) is 0 Å². The van der Waals surface area contributed by atoms with Crippen LogP contribution in [0.2, 0.25) is 0 Å². The van der Waals surface area contributed by atoms with Crippen LogP contribution in [0.3, 0.4) is 0 Å². The highest BCUT2D eigenvalue weighted by molar-refractivity contribution is 5.14. The minimum atomic E-state index is 0.502. The number of hydrogen-bond donors (Lipinski definition) is 1. The lowest BCUT2D eigenvalue weighted by Crippen LogP contribution is -2.36. The van der Waals surface area contributed by atoms with Gasteiger partial charge in [0, 0.05) is 13.2 Å². The van der Waals surface area contributed by atoms with Crippen molar-refractivity contribution in [2.75, 3.05) is 13.7 Å². The Hall–Kier alpha value is -0.860. The van der Waals surface area contributed by atoms with Crippen LogP contribution in [0.15, 0.2) is 30.3 Å². The van der Waals surface area contributed by atoms with Crippen molar-refractivity contribution in [3.05, 3.63) is 35.9 Å².